The highest BCUT2D eigenvalue weighted by molar-refractivity contribution is 6.09. The van der Waals surface area contributed by atoms with Crippen LogP contribution in [0.5, 0.6) is 23.0 Å². The van der Waals surface area contributed by atoms with Crippen LogP contribution >= 0.6 is 0 Å². The summed E-state index contributed by atoms with van der Waals surface area (Å²) in [4.78, 5) is 23.5. The lowest BCUT2D eigenvalue weighted by Gasteiger charge is -2.13. The molecular weight excluding hydrogens is 374 g/mol. The standard InChI is InChI=1S/C21H19N3O5/c1-27-17-6-11(7-18(28-2)20(17)29-3)19(26)16-10-23-21(24-16)14-9-22-15-8-12(25)4-5-13(14)15/h4-10,22,25H,1-3H3,(H,23,24). The summed E-state index contributed by atoms with van der Waals surface area (Å²) < 4.78 is 15.9. The summed E-state index contributed by atoms with van der Waals surface area (Å²) in [6.07, 6.45) is 3.26. The van der Waals surface area contributed by atoms with Crippen LogP contribution in [0.15, 0.2) is 42.7 Å². The number of phenols is 1. The Hall–Kier alpha value is -3.94. The summed E-state index contributed by atoms with van der Waals surface area (Å²) >= 11 is 0. The Morgan fingerprint density at radius 1 is 1.03 bits per heavy atom. The molecule has 4 rings (SSSR count). The minimum absolute atomic E-state index is 0.170. The second kappa shape index (κ2) is 7.23. The van der Waals surface area contributed by atoms with Gasteiger partial charge in [0.25, 0.3) is 0 Å². The van der Waals surface area contributed by atoms with Crippen LogP contribution in [0, 0.1) is 0 Å². The molecule has 8 nitrogen and oxygen atoms in total. The maximum Gasteiger partial charge on any atom is 0.211 e. The molecule has 0 aliphatic rings. The van der Waals surface area contributed by atoms with Gasteiger partial charge in [0.1, 0.15) is 17.3 Å². The van der Waals surface area contributed by atoms with E-state index in [1.165, 1.54) is 27.5 Å². The average molecular weight is 393 g/mol. The molecular formula is C21H19N3O5. The van der Waals surface area contributed by atoms with Crippen molar-refractivity contribution in [3.8, 4) is 34.4 Å². The van der Waals surface area contributed by atoms with Crippen molar-refractivity contribution >= 4 is 16.7 Å². The van der Waals surface area contributed by atoms with Gasteiger partial charge in [0, 0.05) is 34.3 Å². The second-order valence-corrected chi connectivity index (χ2v) is 6.32. The highest BCUT2D eigenvalue weighted by atomic mass is 16.5. The lowest BCUT2D eigenvalue weighted by atomic mass is 10.1. The number of aromatic amines is 2. The van der Waals surface area contributed by atoms with Gasteiger partial charge in [0.15, 0.2) is 11.5 Å². The number of hydrogen-bond acceptors (Lipinski definition) is 6. The zero-order chi connectivity index (χ0) is 20.5. The first-order valence-electron chi connectivity index (χ1n) is 8.76. The number of fused-ring (bicyclic) bond motifs is 1. The van der Waals surface area contributed by atoms with Crippen LogP contribution in [0.25, 0.3) is 22.3 Å². The molecule has 148 valence electrons. The van der Waals surface area contributed by atoms with E-state index in [-0.39, 0.29) is 11.5 Å². The number of aromatic hydroxyl groups is 1. The lowest BCUT2D eigenvalue weighted by molar-refractivity contribution is 0.103. The number of carbonyl (C=O) groups is 1. The molecule has 0 spiro atoms. The molecule has 2 aromatic heterocycles. The molecule has 0 bridgehead atoms. The number of phenolic OH excluding ortho intramolecular Hbond substituents is 1. The molecule has 0 saturated heterocycles. The van der Waals surface area contributed by atoms with Crippen LogP contribution < -0.4 is 14.2 Å². The normalized spacial score (nSPS) is 10.9. The summed E-state index contributed by atoms with van der Waals surface area (Å²) in [6.45, 7) is 0. The first-order chi connectivity index (χ1) is 14.0. The first kappa shape index (κ1) is 18.4. The van der Waals surface area contributed by atoms with Gasteiger partial charge >= 0.3 is 0 Å². The van der Waals surface area contributed by atoms with Crippen LogP contribution in [0.2, 0.25) is 0 Å². The molecule has 0 radical (unpaired) electrons. The molecule has 0 fully saturated rings. The third kappa shape index (κ3) is 3.14. The van der Waals surface area contributed by atoms with Crippen molar-refractivity contribution in [1.82, 2.24) is 15.0 Å². The number of aromatic nitrogens is 3. The third-order valence-electron chi connectivity index (χ3n) is 4.67. The zero-order valence-electron chi connectivity index (χ0n) is 16.1. The molecule has 0 amide bonds. The second-order valence-electron chi connectivity index (χ2n) is 6.32. The number of rotatable bonds is 6. The molecule has 2 heterocycles. The highest BCUT2D eigenvalue weighted by Gasteiger charge is 2.20. The van der Waals surface area contributed by atoms with Crippen LogP contribution in [0.4, 0.5) is 0 Å². The van der Waals surface area contributed by atoms with Gasteiger partial charge in [-0.3, -0.25) is 4.79 Å². The number of benzene rings is 2. The summed E-state index contributed by atoms with van der Waals surface area (Å²) in [5.74, 6) is 1.65. The summed E-state index contributed by atoms with van der Waals surface area (Å²) in [5, 5.41) is 10.5. The fourth-order valence-corrected chi connectivity index (χ4v) is 3.25. The van der Waals surface area contributed by atoms with Crippen molar-refractivity contribution in [2.45, 2.75) is 0 Å². The average Bonchev–Trinajstić information content (AvgIpc) is 3.38. The summed E-state index contributed by atoms with van der Waals surface area (Å²) in [5.41, 5.74) is 2.26. The van der Waals surface area contributed by atoms with Crippen molar-refractivity contribution in [2.24, 2.45) is 0 Å². The van der Waals surface area contributed by atoms with E-state index in [4.69, 9.17) is 14.2 Å². The van der Waals surface area contributed by atoms with E-state index in [1.807, 2.05) is 0 Å². The maximum absolute atomic E-state index is 13.0. The molecule has 0 aliphatic heterocycles. The minimum atomic E-state index is -0.263. The zero-order valence-corrected chi connectivity index (χ0v) is 16.1. The number of imidazole rings is 1. The van der Waals surface area contributed by atoms with Crippen LogP contribution in [0.3, 0.4) is 0 Å². The largest absolute Gasteiger partial charge is 0.508 e. The van der Waals surface area contributed by atoms with Gasteiger partial charge in [-0.05, 0) is 24.3 Å². The number of nitrogens with one attached hydrogen (secondary N) is 2. The Morgan fingerprint density at radius 2 is 1.76 bits per heavy atom. The number of H-pyrrole nitrogens is 2. The van der Waals surface area contributed by atoms with E-state index >= 15 is 0 Å². The lowest BCUT2D eigenvalue weighted by Crippen LogP contribution is -2.04. The van der Waals surface area contributed by atoms with E-state index < -0.39 is 0 Å². The molecule has 0 atom stereocenters. The van der Waals surface area contributed by atoms with E-state index in [0.717, 1.165) is 16.5 Å². The number of ether oxygens (including phenoxy) is 3. The fraction of sp³-hybridized carbons (Fsp3) is 0.143. The molecule has 0 saturated carbocycles. The van der Waals surface area contributed by atoms with Crippen LogP contribution in [0.1, 0.15) is 16.1 Å². The van der Waals surface area contributed by atoms with Gasteiger partial charge in [-0.1, -0.05) is 0 Å². The van der Waals surface area contributed by atoms with Gasteiger partial charge in [0.2, 0.25) is 11.5 Å². The highest BCUT2D eigenvalue weighted by Crippen LogP contribution is 2.38. The van der Waals surface area contributed by atoms with E-state index in [0.29, 0.717) is 34.3 Å². The smallest absolute Gasteiger partial charge is 0.211 e. The Morgan fingerprint density at radius 3 is 2.41 bits per heavy atom. The molecule has 2 aromatic carbocycles. The summed E-state index contributed by atoms with van der Waals surface area (Å²) in [7, 11) is 4.49. The molecule has 3 N–H and O–H groups in total. The van der Waals surface area contributed by atoms with Gasteiger partial charge in [-0.2, -0.15) is 0 Å². The predicted molar refractivity (Wildman–Crippen MR) is 107 cm³/mol. The van der Waals surface area contributed by atoms with Crippen molar-refractivity contribution in [2.75, 3.05) is 21.3 Å². The topological polar surface area (TPSA) is 109 Å². The third-order valence-corrected chi connectivity index (χ3v) is 4.67. The molecule has 8 heteroatoms. The predicted octanol–water partition coefficient (Wildman–Crippen LogP) is 3.52. The number of methoxy groups -OCH3 is 3. The molecule has 0 unspecified atom stereocenters. The Kier molecular flexibility index (Phi) is 4.59. The Bertz CT molecular complexity index is 1180. The van der Waals surface area contributed by atoms with E-state index in [9.17, 15) is 9.90 Å². The van der Waals surface area contributed by atoms with Gasteiger partial charge < -0.3 is 29.3 Å². The number of hydrogen-bond donors (Lipinski definition) is 3. The SMILES string of the molecule is COc1cc(C(=O)c2cnc(-c3c[nH]c4cc(O)ccc34)[nH]2)cc(OC)c1OC. The van der Waals surface area contributed by atoms with Gasteiger partial charge in [-0.15, -0.1) is 0 Å². The van der Waals surface area contributed by atoms with Crippen LogP contribution in [-0.4, -0.2) is 47.2 Å². The number of ketones is 1. The van der Waals surface area contributed by atoms with Gasteiger partial charge in [-0.25, -0.2) is 4.98 Å². The molecule has 4 aromatic rings. The van der Waals surface area contributed by atoms with Crippen molar-refractivity contribution in [3.05, 3.63) is 54.0 Å². The molecule has 29 heavy (non-hydrogen) atoms. The maximum atomic E-state index is 13.0. The van der Waals surface area contributed by atoms with Gasteiger partial charge in [0.05, 0.1) is 27.5 Å². The first-order valence-corrected chi connectivity index (χ1v) is 8.76. The number of nitrogens with zero attached hydrogens (tertiary/aromatic N) is 1. The van der Waals surface area contributed by atoms with Crippen molar-refractivity contribution in [1.29, 1.82) is 0 Å². The summed E-state index contributed by atoms with van der Waals surface area (Å²) in [6, 6.07) is 8.21. The van der Waals surface area contributed by atoms with Crippen LogP contribution in [-0.2, 0) is 0 Å². The van der Waals surface area contributed by atoms with Crippen molar-refractivity contribution < 1.29 is 24.1 Å². The fourth-order valence-electron chi connectivity index (χ4n) is 3.25. The Labute approximate surface area is 166 Å². The monoisotopic (exact) mass is 393 g/mol. The minimum Gasteiger partial charge on any atom is -0.508 e. The quantitative estimate of drug-likeness (QED) is 0.433. The Balaban J connectivity index is 1.72. The number of carbonyl (C=O) groups excluding carboxylic acids is 1. The molecule has 0 aliphatic carbocycles. The van der Waals surface area contributed by atoms with E-state index in [1.54, 1.807) is 36.5 Å². The van der Waals surface area contributed by atoms with E-state index in [2.05, 4.69) is 15.0 Å². The van der Waals surface area contributed by atoms with Crippen molar-refractivity contribution in [3.63, 3.8) is 0 Å².